The summed E-state index contributed by atoms with van der Waals surface area (Å²) >= 11 is 13.5. The molecule has 0 bridgehead atoms. The molecule has 1 aliphatic rings. The van der Waals surface area contributed by atoms with Crippen molar-refractivity contribution in [2.45, 2.75) is 18.9 Å². The average molecular weight is 647 g/mol. The lowest BCUT2D eigenvalue weighted by Gasteiger charge is -2.23. The molecule has 4 heterocycles. The molecule has 0 spiro atoms. The van der Waals surface area contributed by atoms with Crippen LogP contribution in [-0.4, -0.2) is 77.5 Å². The number of methoxy groups -OCH3 is 2. The minimum absolute atomic E-state index is 0.0682. The lowest BCUT2D eigenvalue weighted by atomic mass is 10.0. The van der Waals surface area contributed by atoms with Crippen LogP contribution in [0.2, 0.25) is 10.0 Å². The maximum atomic E-state index is 12.5. The van der Waals surface area contributed by atoms with Crippen LogP contribution >= 0.6 is 23.2 Å². The third kappa shape index (κ3) is 5.77. The maximum absolute atomic E-state index is 12.5. The Hall–Kier alpha value is -4.38. The van der Waals surface area contributed by atoms with E-state index in [1.807, 2.05) is 22.7 Å². The molecule has 0 amide bonds. The van der Waals surface area contributed by atoms with Crippen molar-refractivity contribution in [3.05, 3.63) is 77.2 Å². The molecule has 0 aliphatic carbocycles. The number of ketones is 1. The van der Waals surface area contributed by atoms with E-state index < -0.39 is 0 Å². The molecule has 232 valence electrons. The van der Waals surface area contributed by atoms with E-state index in [2.05, 4.69) is 57.9 Å². The minimum atomic E-state index is -0.0682. The quantitative estimate of drug-likeness (QED) is 0.172. The standard InChI is InChI=1S/C33H33Cl2N7O3/c1-6-23(43)14-19-13-21(41-11-9-22(18-41)40(2)3)7-8-25(19)38-33-37-17-20-15-24(32-36-10-12-42(32)31(20)39-33)28-29(34)26(44-4)16-27(45-5)30(28)35/h6-8,10,12-13,15-17,22H,1,9,11,14,18H2,2-5H3,(H,37,38,39)/t22-/m0/s1. The Kier molecular flexibility index (Phi) is 8.54. The molecule has 0 unspecified atom stereocenters. The number of rotatable bonds is 10. The number of allylic oxidation sites excluding steroid dienone is 1. The van der Waals surface area contributed by atoms with Gasteiger partial charge in [0.15, 0.2) is 11.4 Å². The first kappa shape index (κ1) is 30.6. The fraction of sp³-hybridized carbons (Fsp3) is 0.273. The molecule has 0 saturated carbocycles. The van der Waals surface area contributed by atoms with E-state index in [1.54, 1.807) is 18.5 Å². The molecule has 6 rings (SSSR count). The van der Waals surface area contributed by atoms with Crippen LogP contribution in [0.1, 0.15) is 12.0 Å². The van der Waals surface area contributed by atoms with Crippen molar-refractivity contribution in [1.29, 1.82) is 0 Å². The molecule has 1 atom stereocenters. The highest BCUT2D eigenvalue weighted by atomic mass is 35.5. The minimum Gasteiger partial charge on any atom is -0.495 e. The highest BCUT2D eigenvalue weighted by molar-refractivity contribution is 6.41. The normalized spacial score (nSPS) is 14.8. The molecule has 1 aliphatic heterocycles. The summed E-state index contributed by atoms with van der Waals surface area (Å²) < 4.78 is 12.8. The number of carbonyl (C=O) groups excluding carboxylic acids is 1. The number of hydrogen-bond donors (Lipinski definition) is 1. The van der Waals surface area contributed by atoms with Crippen molar-refractivity contribution in [1.82, 2.24) is 24.3 Å². The molecule has 2 aromatic carbocycles. The number of nitrogens with zero attached hydrogens (tertiary/aromatic N) is 6. The summed E-state index contributed by atoms with van der Waals surface area (Å²) in [5, 5.41) is 4.75. The van der Waals surface area contributed by atoms with Gasteiger partial charge in [0.05, 0.1) is 24.3 Å². The van der Waals surface area contributed by atoms with E-state index in [4.69, 9.17) is 37.7 Å². The van der Waals surface area contributed by atoms with Crippen LogP contribution in [0.15, 0.2) is 61.6 Å². The molecule has 1 N–H and O–H groups in total. The van der Waals surface area contributed by atoms with Gasteiger partial charge in [-0.05, 0) is 56.4 Å². The molecule has 5 aromatic rings. The highest BCUT2D eigenvalue weighted by Crippen LogP contribution is 2.47. The Balaban J connectivity index is 1.39. The van der Waals surface area contributed by atoms with Crippen LogP contribution in [0.4, 0.5) is 17.3 Å². The van der Waals surface area contributed by atoms with Gasteiger partial charge < -0.3 is 24.6 Å². The van der Waals surface area contributed by atoms with E-state index in [1.165, 1.54) is 20.3 Å². The van der Waals surface area contributed by atoms with Gasteiger partial charge in [-0.1, -0.05) is 29.8 Å². The van der Waals surface area contributed by atoms with Crippen molar-refractivity contribution < 1.29 is 14.3 Å². The molecule has 1 fully saturated rings. The summed E-state index contributed by atoms with van der Waals surface area (Å²) in [7, 11) is 7.28. The summed E-state index contributed by atoms with van der Waals surface area (Å²) in [6.45, 7) is 5.56. The van der Waals surface area contributed by atoms with Crippen molar-refractivity contribution in [3.8, 4) is 22.6 Å². The number of ether oxygens (including phenoxy) is 2. The summed E-state index contributed by atoms with van der Waals surface area (Å²) in [5.74, 6) is 1.15. The van der Waals surface area contributed by atoms with Crippen molar-refractivity contribution in [2.24, 2.45) is 0 Å². The molecular weight excluding hydrogens is 613 g/mol. The number of fused-ring (bicyclic) bond motifs is 3. The average Bonchev–Trinajstić information content (AvgIpc) is 3.74. The van der Waals surface area contributed by atoms with E-state index in [0.29, 0.717) is 56.0 Å². The second-order valence-electron chi connectivity index (χ2n) is 11.1. The number of halogens is 2. The first-order chi connectivity index (χ1) is 21.7. The second-order valence-corrected chi connectivity index (χ2v) is 11.9. The first-order valence-corrected chi connectivity index (χ1v) is 15.2. The van der Waals surface area contributed by atoms with Gasteiger partial charge >= 0.3 is 0 Å². The number of benzene rings is 2. The number of hydrogen-bond acceptors (Lipinski definition) is 9. The molecular formula is C33H33Cl2N7O3. The number of pyridine rings is 1. The summed E-state index contributed by atoms with van der Waals surface area (Å²) in [6, 6.07) is 10.2. The van der Waals surface area contributed by atoms with Crippen molar-refractivity contribution >= 4 is 63.0 Å². The SMILES string of the molecule is C=CC(=O)Cc1cc(N2CC[C@H](N(C)C)C2)ccc1Nc1ncc2cc(-c3c(Cl)c(OC)cc(OC)c3Cl)c3nccn3c2n1. The van der Waals surface area contributed by atoms with Gasteiger partial charge in [0.2, 0.25) is 5.95 Å². The molecule has 10 nitrogen and oxygen atoms in total. The third-order valence-electron chi connectivity index (χ3n) is 8.24. The van der Waals surface area contributed by atoms with E-state index >= 15 is 0 Å². The Bertz CT molecular complexity index is 1910. The molecule has 12 heteroatoms. The van der Waals surface area contributed by atoms with Gasteiger partial charge in [-0.3, -0.25) is 9.20 Å². The Morgan fingerprint density at radius 1 is 1.11 bits per heavy atom. The lowest BCUT2D eigenvalue weighted by molar-refractivity contribution is -0.114. The van der Waals surface area contributed by atoms with Gasteiger partial charge in [-0.25, -0.2) is 9.97 Å². The van der Waals surface area contributed by atoms with E-state index in [-0.39, 0.29) is 12.2 Å². The van der Waals surface area contributed by atoms with Gasteiger partial charge in [0, 0.05) is 78.1 Å². The van der Waals surface area contributed by atoms with Crippen LogP contribution in [-0.2, 0) is 11.2 Å². The van der Waals surface area contributed by atoms with Crippen molar-refractivity contribution in [2.75, 3.05) is 51.6 Å². The number of carbonyl (C=O) groups is 1. The predicted molar refractivity (Wildman–Crippen MR) is 180 cm³/mol. The fourth-order valence-corrected chi connectivity index (χ4v) is 6.46. The lowest BCUT2D eigenvalue weighted by Crippen LogP contribution is -2.31. The van der Waals surface area contributed by atoms with Crippen LogP contribution < -0.4 is 19.7 Å². The zero-order chi connectivity index (χ0) is 31.8. The predicted octanol–water partition coefficient (Wildman–Crippen LogP) is 6.45. The van der Waals surface area contributed by atoms with Crippen LogP contribution in [0.3, 0.4) is 0 Å². The van der Waals surface area contributed by atoms with E-state index in [0.717, 1.165) is 41.8 Å². The molecule has 1 saturated heterocycles. The highest BCUT2D eigenvalue weighted by Gasteiger charge is 2.25. The second kappa shape index (κ2) is 12.5. The molecule has 3 aromatic heterocycles. The van der Waals surface area contributed by atoms with Crippen molar-refractivity contribution in [3.63, 3.8) is 0 Å². The number of aromatic nitrogens is 4. The summed E-state index contributed by atoms with van der Waals surface area (Å²) in [4.78, 5) is 31.2. The largest absolute Gasteiger partial charge is 0.495 e. The Labute approximate surface area is 271 Å². The number of nitrogens with one attached hydrogen (secondary N) is 1. The Morgan fingerprint density at radius 3 is 2.53 bits per heavy atom. The monoisotopic (exact) mass is 645 g/mol. The Morgan fingerprint density at radius 2 is 1.87 bits per heavy atom. The van der Waals surface area contributed by atoms with Gasteiger partial charge in [0.25, 0.3) is 0 Å². The number of likely N-dealkylation sites (N-methyl/N-ethyl adjacent to an activating group) is 1. The third-order valence-corrected chi connectivity index (χ3v) is 8.99. The molecule has 45 heavy (non-hydrogen) atoms. The van der Waals surface area contributed by atoms with Gasteiger partial charge in [0.1, 0.15) is 17.1 Å². The zero-order valence-electron chi connectivity index (χ0n) is 25.5. The van der Waals surface area contributed by atoms with Gasteiger partial charge in [-0.15, -0.1) is 0 Å². The van der Waals surface area contributed by atoms with Crippen LogP contribution in [0, 0.1) is 0 Å². The summed E-state index contributed by atoms with van der Waals surface area (Å²) in [5.41, 5.74) is 5.08. The van der Waals surface area contributed by atoms with Gasteiger partial charge in [-0.2, -0.15) is 4.98 Å². The smallest absolute Gasteiger partial charge is 0.229 e. The first-order valence-electron chi connectivity index (χ1n) is 14.4. The summed E-state index contributed by atoms with van der Waals surface area (Å²) in [6.07, 6.45) is 7.87. The molecule has 0 radical (unpaired) electrons. The van der Waals surface area contributed by atoms with Crippen LogP contribution in [0.25, 0.3) is 27.8 Å². The number of imidazole rings is 1. The maximum Gasteiger partial charge on any atom is 0.229 e. The topological polar surface area (TPSA) is 97.1 Å². The van der Waals surface area contributed by atoms with E-state index in [9.17, 15) is 4.79 Å². The van der Waals surface area contributed by atoms with Crippen LogP contribution in [0.5, 0.6) is 11.5 Å². The zero-order valence-corrected chi connectivity index (χ0v) is 27.0. The number of anilines is 3. The fourth-order valence-electron chi connectivity index (χ4n) is 5.76.